The monoisotopic (exact) mass is 377 g/mol. The van der Waals surface area contributed by atoms with E-state index < -0.39 is 6.85 Å². The fourth-order valence-corrected chi connectivity index (χ4v) is 4.14. The van der Waals surface area contributed by atoms with Crippen LogP contribution in [0.3, 0.4) is 0 Å². The highest BCUT2D eigenvalue weighted by Crippen LogP contribution is 2.38. The van der Waals surface area contributed by atoms with E-state index in [0.717, 1.165) is 32.7 Å². The lowest BCUT2D eigenvalue weighted by Crippen LogP contribution is -1.88. The molecule has 6 rings (SSSR count). The van der Waals surface area contributed by atoms with Crippen molar-refractivity contribution in [2.45, 2.75) is 13.8 Å². The molecular weight excluding hydrogens is 354 g/mol. The van der Waals surface area contributed by atoms with Gasteiger partial charge in [-0.1, -0.05) is 48.5 Å². The van der Waals surface area contributed by atoms with E-state index in [4.69, 9.17) is 9.90 Å². The van der Waals surface area contributed by atoms with Crippen LogP contribution in [0.5, 0.6) is 0 Å². The molecule has 0 aliphatic rings. The summed E-state index contributed by atoms with van der Waals surface area (Å²) in [4.78, 5) is 4.44. The molecule has 2 nitrogen and oxygen atoms in total. The van der Waals surface area contributed by atoms with Gasteiger partial charge in [0.2, 0.25) is 0 Å². The number of hydrogen-bond acceptors (Lipinski definition) is 2. The predicted molar refractivity (Wildman–Crippen MR) is 121 cm³/mol. The summed E-state index contributed by atoms with van der Waals surface area (Å²) in [5, 5.41) is 6.65. The van der Waals surface area contributed by atoms with Gasteiger partial charge in [0.05, 0.1) is 5.69 Å². The lowest BCUT2D eigenvalue weighted by molar-refractivity contribution is 0.670. The van der Waals surface area contributed by atoms with Gasteiger partial charge in [0.1, 0.15) is 11.2 Å². The third kappa shape index (κ3) is 2.39. The minimum absolute atomic E-state index is 0.121. The van der Waals surface area contributed by atoms with Crippen molar-refractivity contribution >= 4 is 43.5 Å². The highest BCUT2D eigenvalue weighted by Gasteiger charge is 2.14. The Kier molecular flexibility index (Phi) is 2.60. The zero-order chi connectivity index (χ0) is 22.7. The molecule has 0 N–H and O–H groups in total. The first kappa shape index (κ1) is 12.7. The van der Waals surface area contributed by atoms with Gasteiger partial charge in [0.25, 0.3) is 0 Å². The van der Waals surface area contributed by atoms with Crippen LogP contribution in [0.15, 0.2) is 83.4 Å². The maximum absolute atomic E-state index is 7.82. The average molecular weight is 377 g/mol. The first-order valence-electron chi connectivity index (χ1n) is 11.7. The Bertz CT molecular complexity index is 1700. The molecule has 0 radical (unpaired) electrons. The van der Waals surface area contributed by atoms with E-state index in [1.807, 2.05) is 30.3 Å². The summed E-state index contributed by atoms with van der Waals surface area (Å²) in [7, 11) is 0. The maximum Gasteiger partial charge on any atom is 0.144 e. The van der Waals surface area contributed by atoms with Crippen LogP contribution in [0, 0.1) is 13.8 Å². The van der Waals surface area contributed by atoms with Crippen LogP contribution in [0.4, 0.5) is 0 Å². The number of aryl methyl sites for hydroxylation is 2. The van der Waals surface area contributed by atoms with Gasteiger partial charge < -0.3 is 4.42 Å². The first-order chi connectivity index (χ1) is 15.9. The number of fused-ring (bicyclic) bond motifs is 6. The second kappa shape index (κ2) is 5.92. The molecule has 0 fully saturated rings. The molecule has 2 heteroatoms. The van der Waals surface area contributed by atoms with E-state index in [1.165, 1.54) is 17.0 Å². The number of furan rings is 1. The highest BCUT2D eigenvalue weighted by atomic mass is 16.3. The Morgan fingerprint density at radius 1 is 0.759 bits per heavy atom. The van der Waals surface area contributed by atoms with Gasteiger partial charge in [0, 0.05) is 28.0 Å². The van der Waals surface area contributed by atoms with Crippen molar-refractivity contribution in [1.82, 2.24) is 4.98 Å². The van der Waals surface area contributed by atoms with Crippen molar-refractivity contribution in [2.75, 3.05) is 0 Å². The van der Waals surface area contributed by atoms with E-state index in [9.17, 15) is 0 Å². The van der Waals surface area contributed by atoms with Crippen molar-refractivity contribution in [3.8, 4) is 11.3 Å². The zero-order valence-electron chi connectivity index (χ0n) is 19.6. The van der Waals surface area contributed by atoms with Crippen molar-refractivity contribution in [3.63, 3.8) is 0 Å². The Morgan fingerprint density at radius 2 is 1.66 bits per heavy atom. The summed E-state index contributed by atoms with van der Waals surface area (Å²) < 4.78 is 37.3. The topological polar surface area (TPSA) is 26.0 Å². The molecule has 6 aromatic rings. The Hall–Kier alpha value is -3.65. The molecule has 4 aromatic carbocycles. The molecule has 0 unspecified atom stereocenters. The average Bonchev–Trinajstić information content (AvgIpc) is 3.19. The number of aromatic nitrogens is 1. The van der Waals surface area contributed by atoms with Gasteiger partial charge in [-0.05, 0) is 70.7 Å². The molecule has 2 heterocycles. The third-order valence-electron chi connectivity index (χ3n) is 5.63. The number of rotatable bonds is 1. The van der Waals surface area contributed by atoms with Crippen LogP contribution in [-0.2, 0) is 0 Å². The second-order valence-corrected chi connectivity index (χ2v) is 7.37. The molecule has 0 saturated heterocycles. The molecule has 0 aliphatic heterocycles. The Labute approximate surface area is 174 Å². The predicted octanol–water partition coefficient (Wildman–Crippen LogP) is 7.57. The number of para-hydroxylation sites is 1. The quantitative estimate of drug-likeness (QED) is 0.276. The number of nitrogens with zero attached hydrogens (tertiary/aromatic N) is 1. The number of benzene rings is 4. The van der Waals surface area contributed by atoms with E-state index in [-0.39, 0.29) is 12.5 Å². The summed E-state index contributed by atoms with van der Waals surface area (Å²) >= 11 is 0. The zero-order valence-corrected chi connectivity index (χ0v) is 15.6. The molecule has 0 atom stereocenters. The van der Waals surface area contributed by atoms with Crippen LogP contribution in [0.25, 0.3) is 54.7 Å². The fraction of sp³-hybridized carbons (Fsp3) is 0.0741. The van der Waals surface area contributed by atoms with Gasteiger partial charge in [0.15, 0.2) is 0 Å². The minimum atomic E-state index is -2.30. The van der Waals surface area contributed by atoms with Crippen molar-refractivity contribution in [1.29, 1.82) is 0 Å². The van der Waals surface area contributed by atoms with Gasteiger partial charge in [-0.3, -0.25) is 4.98 Å². The van der Waals surface area contributed by atoms with E-state index in [0.29, 0.717) is 16.8 Å². The Morgan fingerprint density at radius 3 is 2.59 bits per heavy atom. The molecular formula is C27H19NO. The minimum Gasteiger partial charge on any atom is -0.455 e. The van der Waals surface area contributed by atoms with Crippen molar-refractivity contribution in [3.05, 3.63) is 90.1 Å². The standard InChI is InChI=1S/C27H19NO/c1-16-12-25(28-15-17(16)2)22-9-5-8-21-24-13-19-11-10-18-6-3-4-7-20(18)23(19)14-26(24)29-27(21)22/h3-15H,1-2H3/i1D,2D3. The number of hydrogen-bond donors (Lipinski definition) is 0. The van der Waals surface area contributed by atoms with Gasteiger partial charge in [-0.25, -0.2) is 0 Å². The lowest BCUT2D eigenvalue weighted by atomic mass is 9.99. The summed E-state index contributed by atoms with van der Waals surface area (Å²) in [5.74, 6) is 0. The van der Waals surface area contributed by atoms with Crippen LogP contribution in [0.2, 0.25) is 0 Å². The molecule has 29 heavy (non-hydrogen) atoms. The van der Waals surface area contributed by atoms with E-state index >= 15 is 0 Å². The molecule has 0 amide bonds. The smallest absolute Gasteiger partial charge is 0.144 e. The number of pyridine rings is 1. The van der Waals surface area contributed by atoms with Crippen molar-refractivity contribution < 1.29 is 9.90 Å². The Balaban J connectivity index is 1.61. The van der Waals surface area contributed by atoms with Gasteiger partial charge in [-0.2, -0.15) is 0 Å². The molecule has 0 bridgehead atoms. The van der Waals surface area contributed by atoms with Crippen molar-refractivity contribution in [2.24, 2.45) is 0 Å². The lowest BCUT2D eigenvalue weighted by Gasteiger charge is -2.05. The van der Waals surface area contributed by atoms with E-state index in [2.05, 4.69) is 41.4 Å². The molecule has 138 valence electrons. The molecule has 0 saturated carbocycles. The molecule has 0 spiro atoms. The van der Waals surface area contributed by atoms with E-state index in [1.54, 1.807) is 6.07 Å². The fourth-order valence-electron chi connectivity index (χ4n) is 4.14. The summed E-state index contributed by atoms with van der Waals surface area (Å²) in [6.07, 6.45) is 1.37. The summed E-state index contributed by atoms with van der Waals surface area (Å²) in [5.41, 5.74) is 3.45. The van der Waals surface area contributed by atoms with Crippen LogP contribution >= 0.6 is 0 Å². The van der Waals surface area contributed by atoms with Crippen LogP contribution in [-0.4, -0.2) is 4.98 Å². The van der Waals surface area contributed by atoms with Gasteiger partial charge in [-0.15, -0.1) is 0 Å². The van der Waals surface area contributed by atoms with Crippen LogP contribution in [0.1, 0.15) is 16.6 Å². The highest BCUT2D eigenvalue weighted by molar-refractivity contribution is 6.17. The second-order valence-electron chi connectivity index (χ2n) is 7.37. The summed E-state index contributed by atoms with van der Waals surface area (Å²) in [6.45, 7) is -2.42. The van der Waals surface area contributed by atoms with Gasteiger partial charge >= 0.3 is 0 Å². The molecule has 0 aliphatic carbocycles. The maximum atomic E-state index is 7.82. The molecule has 2 aromatic heterocycles. The normalized spacial score (nSPS) is 14.2. The largest absolute Gasteiger partial charge is 0.455 e. The first-order valence-corrected chi connectivity index (χ1v) is 9.50. The summed E-state index contributed by atoms with van der Waals surface area (Å²) in [6, 6.07) is 24.4. The SMILES string of the molecule is [2H]Cc1cc(-c2cccc3c2oc2cc4c(ccc5ccccc54)cc23)ncc1C([2H])([2H])[2H]. The third-order valence-corrected chi connectivity index (χ3v) is 5.63. The van der Waals surface area contributed by atoms with Crippen LogP contribution < -0.4 is 0 Å².